The molecule has 13 heteroatoms. The number of amides is 4. The molecule has 1 aliphatic carbocycles. The van der Waals surface area contributed by atoms with Crippen LogP contribution in [0.4, 0.5) is 27.3 Å². The van der Waals surface area contributed by atoms with Gasteiger partial charge >= 0.3 is 0 Å². The smallest absolute Gasteiger partial charge is 0.273 e. The fourth-order valence-electron chi connectivity index (χ4n) is 4.58. The first-order valence-corrected chi connectivity index (χ1v) is 13.3. The van der Waals surface area contributed by atoms with E-state index in [1.54, 1.807) is 4.90 Å². The third kappa shape index (κ3) is 6.14. The maximum absolute atomic E-state index is 14.9. The first kappa shape index (κ1) is 24.7. The van der Waals surface area contributed by atoms with Crippen molar-refractivity contribution in [3.05, 3.63) is 65.1 Å². The number of halogens is 1. The predicted molar refractivity (Wildman–Crippen MR) is 153 cm³/mol. The molecule has 12 nitrogen and oxygen atoms in total. The maximum atomic E-state index is 14.9. The van der Waals surface area contributed by atoms with Crippen LogP contribution < -0.4 is 26.0 Å². The summed E-state index contributed by atoms with van der Waals surface area (Å²) >= 11 is 0. The SMILES string of the molecule is [2H]C([2H])([2H])NC(=O)c1nnc(NC(=O)C2CC2)cc1Nc1cccc(C(=O)Nc2ccc(C(=O)N3CCCC3)c(F)c2)c1OC. The van der Waals surface area contributed by atoms with Crippen molar-refractivity contribution in [2.45, 2.75) is 25.7 Å². The minimum Gasteiger partial charge on any atom is -0.494 e. The second kappa shape index (κ2) is 12.2. The van der Waals surface area contributed by atoms with Gasteiger partial charge < -0.3 is 30.9 Å². The van der Waals surface area contributed by atoms with Crippen LogP contribution >= 0.6 is 0 Å². The summed E-state index contributed by atoms with van der Waals surface area (Å²) in [6, 6.07) is 9.62. The van der Waals surface area contributed by atoms with Crippen molar-refractivity contribution >= 4 is 46.5 Å². The lowest BCUT2D eigenvalue weighted by Gasteiger charge is -2.17. The number of methoxy groups -OCH3 is 1. The molecule has 0 radical (unpaired) electrons. The molecule has 2 aliphatic rings. The summed E-state index contributed by atoms with van der Waals surface area (Å²) in [5, 5.41) is 17.7. The van der Waals surface area contributed by atoms with Crippen molar-refractivity contribution in [3.8, 4) is 5.75 Å². The number of carbonyl (C=O) groups is 4. The van der Waals surface area contributed by atoms with E-state index in [4.69, 9.17) is 8.85 Å². The summed E-state index contributed by atoms with van der Waals surface area (Å²) in [5.41, 5.74) is -0.207. The van der Waals surface area contributed by atoms with Crippen LogP contribution in [-0.4, -0.2) is 65.9 Å². The van der Waals surface area contributed by atoms with Gasteiger partial charge in [0.1, 0.15) is 5.82 Å². The Morgan fingerprint density at radius 3 is 2.45 bits per heavy atom. The van der Waals surface area contributed by atoms with Crippen LogP contribution in [0.2, 0.25) is 0 Å². The van der Waals surface area contributed by atoms with Crippen molar-refractivity contribution in [2.24, 2.45) is 5.92 Å². The standard InChI is InChI=1S/C29H30FN7O5/c1-31-28(40)24-22(15-23(35-36-24)34-26(38)16-8-9-16)33-21-7-5-6-19(25(21)42-2)27(39)32-17-10-11-18(20(30)14-17)29(41)37-12-3-4-13-37/h5-7,10-11,14-16H,3-4,8-9,12-13H2,1-2H3,(H,31,40)(H,32,39)(H2,33,34,35,38)/i1D3. The Morgan fingerprint density at radius 1 is 0.976 bits per heavy atom. The van der Waals surface area contributed by atoms with Gasteiger partial charge in [-0.25, -0.2) is 4.39 Å². The molecular formula is C29H30FN7O5. The zero-order chi connectivity index (χ0) is 32.3. The maximum Gasteiger partial charge on any atom is 0.273 e. The number of ether oxygens (including phenoxy) is 1. The number of nitrogens with zero attached hydrogens (tertiary/aromatic N) is 3. The van der Waals surface area contributed by atoms with Gasteiger partial charge in [0.05, 0.1) is 29.6 Å². The number of nitrogens with one attached hydrogen (secondary N) is 4. The average molecular weight is 579 g/mol. The van der Waals surface area contributed by atoms with E-state index in [0.717, 1.165) is 31.7 Å². The Labute approximate surface area is 245 Å². The molecule has 1 saturated heterocycles. The molecule has 4 N–H and O–H groups in total. The monoisotopic (exact) mass is 578 g/mol. The van der Waals surface area contributed by atoms with E-state index >= 15 is 0 Å². The summed E-state index contributed by atoms with van der Waals surface area (Å²) in [6.07, 6.45) is 3.21. The quantitative estimate of drug-likeness (QED) is 0.301. The molecular weight excluding hydrogens is 545 g/mol. The number of likely N-dealkylation sites (tertiary alicyclic amines) is 1. The number of benzene rings is 2. The minimum atomic E-state index is -2.82. The molecule has 1 aliphatic heterocycles. The topological polar surface area (TPSA) is 155 Å². The fourth-order valence-corrected chi connectivity index (χ4v) is 4.58. The number of aromatic nitrogens is 2. The third-order valence-corrected chi connectivity index (χ3v) is 6.91. The number of hydrogen-bond donors (Lipinski definition) is 4. The lowest BCUT2D eigenvalue weighted by Crippen LogP contribution is -2.28. The Hall–Kier alpha value is -5.07. The molecule has 0 atom stereocenters. The van der Waals surface area contributed by atoms with Crippen LogP contribution in [0.1, 0.15) is 61.0 Å². The molecule has 0 spiro atoms. The second-order valence-electron chi connectivity index (χ2n) is 9.87. The molecule has 0 bridgehead atoms. The van der Waals surface area contributed by atoms with Crippen molar-refractivity contribution in [1.82, 2.24) is 20.4 Å². The Morgan fingerprint density at radius 2 is 1.76 bits per heavy atom. The summed E-state index contributed by atoms with van der Waals surface area (Å²) in [4.78, 5) is 52.6. The number of rotatable bonds is 9. The first-order valence-electron chi connectivity index (χ1n) is 14.8. The van der Waals surface area contributed by atoms with Gasteiger partial charge in [0.15, 0.2) is 17.3 Å². The zero-order valence-electron chi connectivity index (χ0n) is 25.6. The van der Waals surface area contributed by atoms with E-state index in [0.29, 0.717) is 13.1 Å². The summed E-state index contributed by atoms with van der Waals surface area (Å²) < 4.78 is 42.5. The number of hydrogen-bond acceptors (Lipinski definition) is 8. The zero-order valence-corrected chi connectivity index (χ0v) is 22.6. The van der Waals surface area contributed by atoms with E-state index in [-0.39, 0.29) is 51.6 Å². The lowest BCUT2D eigenvalue weighted by molar-refractivity contribution is -0.117. The van der Waals surface area contributed by atoms with Crippen LogP contribution in [-0.2, 0) is 4.79 Å². The third-order valence-electron chi connectivity index (χ3n) is 6.91. The van der Waals surface area contributed by atoms with E-state index in [9.17, 15) is 23.6 Å². The molecule has 1 saturated carbocycles. The van der Waals surface area contributed by atoms with E-state index < -0.39 is 36.2 Å². The van der Waals surface area contributed by atoms with Gasteiger partial charge in [0, 0.05) is 41.8 Å². The highest BCUT2D eigenvalue weighted by Crippen LogP contribution is 2.34. The minimum absolute atomic E-state index is 0.0152. The van der Waals surface area contributed by atoms with Crippen LogP contribution in [0.25, 0.3) is 0 Å². The first-order chi connectivity index (χ1) is 21.4. The fraction of sp³-hybridized carbons (Fsp3) is 0.310. The Bertz CT molecular complexity index is 1660. The van der Waals surface area contributed by atoms with Crippen molar-refractivity contribution in [2.75, 3.05) is 43.1 Å². The largest absolute Gasteiger partial charge is 0.494 e. The molecule has 0 unspecified atom stereocenters. The van der Waals surface area contributed by atoms with E-state index in [2.05, 4.69) is 26.1 Å². The number of carbonyl (C=O) groups excluding carboxylic acids is 4. The molecule has 2 aromatic carbocycles. The van der Waals surface area contributed by atoms with Crippen LogP contribution in [0.3, 0.4) is 0 Å². The summed E-state index contributed by atoms with van der Waals surface area (Å²) in [6.45, 7) is -1.68. The Balaban J connectivity index is 1.40. The van der Waals surface area contributed by atoms with Gasteiger partial charge in [0.2, 0.25) is 5.91 Å². The molecule has 218 valence electrons. The lowest BCUT2D eigenvalue weighted by atomic mass is 10.1. The summed E-state index contributed by atoms with van der Waals surface area (Å²) in [7, 11) is 1.31. The predicted octanol–water partition coefficient (Wildman–Crippen LogP) is 3.56. The molecule has 5 rings (SSSR count). The normalized spacial score (nSPS) is 15.6. The molecule has 42 heavy (non-hydrogen) atoms. The second-order valence-corrected chi connectivity index (χ2v) is 9.87. The van der Waals surface area contributed by atoms with Gasteiger partial charge in [-0.1, -0.05) is 6.07 Å². The highest BCUT2D eigenvalue weighted by atomic mass is 19.1. The summed E-state index contributed by atoms with van der Waals surface area (Å²) in [5.74, 6) is -3.28. The molecule has 1 aromatic heterocycles. The molecule has 2 fully saturated rings. The number of para-hydroxylation sites is 1. The Kier molecular flexibility index (Phi) is 7.18. The van der Waals surface area contributed by atoms with Gasteiger partial charge in [-0.2, -0.15) is 0 Å². The van der Waals surface area contributed by atoms with Gasteiger partial charge in [0.25, 0.3) is 17.7 Å². The molecule has 4 amide bonds. The van der Waals surface area contributed by atoms with Gasteiger partial charge in [-0.05, 0) is 56.0 Å². The molecule has 3 aromatic rings. The van der Waals surface area contributed by atoms with Crippen LogP contribution in [0, 0.1) is 11.7 Å². The average Bonchev–Trinajstić information content (AvgIpc) is 3.70. The molecule has 2 heterocycles. The van der Waals surface area contributed by atoms with Crippen LogP contribution in [0.15, 0.2) is 42.5 Å². The van der Waals surface area contributed by atoms with Crippen molar-refractivity contribution in [3.63, 3.8) is 0 Å². The van der Waals surface area contributed by atoms with Crippen LogP contribution in [0.5, 0.6) is 5.75 Å². The van der Waals surface area contributed by atoms with E-state index in [1.807, 2.05) is 5.32 Å². The van der Waals surface area contributed by atoms with Crippen molar-refractivity contribution in [1.29, 1.82) is 0 Å². The number of anilines is 4. The van der Waals surface area contributed by atoms with Crippen molar-refractivity contribution < 1.29 is 32.4 Å². The van der Waals surface area contributed by atoms with Gasteiger partial charge in [-0.15, -0.1) is 10.2 Å². The van der Waals surface area contributed by atoms with Gasteiger partial charge in [-0.3, -0.25) is 19.2 Å². The van der Waals surface area contributed by atoms with E-state index in [1.165, 1.54) is 43.5 Å². The highest BCUT2D eigenvalue weighted by Gasteiger charge is 2.30. The highest BCUT2D eigenvalue weighted by molar-refractivity contribution is 6.08.